The van der Waals surface area contributed by atoms with E-state index in [4.69, 9.17) is 5.73 Å². The molecule has 2 fully saturated rings. The van der Waals surface area contributed by atoms with Gasteiger partial charge >= 0.3 is 5.97 Å². The van der Waals surface area contributed by atoms with Crippen molar-refractivity contribution in [2.45, 2.75) is 38.1 Å². The molecule has 1 aromatic heterocycles. The Kier molecular flexibility index (Phi) is 5.12. The molecule has 29 heavy (non-hydrogen) atoms. The second kappa shape index (κ2) is 7.59. The van der Waals surface area contributed by atoms with E-state index in [0.717, 1.165) is 18.9 Å². The Balaban J connectivity index is 1.80. The zero-order chi connectivity index (χ0) is 20.7. The first-order valence-electron chi connectivity index (χ1n) is 9.83. The van der Waals surface area contributed by atoms with Crippen LogP contribution in [0.3, 0.4) is 0 Å². The Morgan fingerprint density at radius 1 is 1.24 bits per heavy atom. The molecule has 0 amide bonds. The summed E-state index contributed by atoms with van der Waals surface area (Å²) in [6.45, 7) is 0.885. The van der Waals surface area contributed by atoms with E-state index in [0.29, 0.717) is 49.1 Å². The van der Waals surface area contributed by atoms with Crippen LogP contribution in [0.5, 0.6) is 0 Å². The Labute approximate surface area is 166 Å². The summed E-state index contributed by atoms with van der Waals surface area (Å²) in [5, 5.41) is 9.41. The highest BCUT2D eigenvalue weighted by Gasteiger charge is 2.28. The molecule has 0 unspecified atom stereocenters. The molecule has 3 N–H and O–H groups in total. The van der Waals surface area contributed by atoms with E-state index in [2.05, 4.69) is 0 Å². The van der Waals surface area contributed by atoms with Crippen molar-refractivity contribution < 1.29 is 18.7 Å². The third kappa shape index (κ3) is 3.64. The van der Waals surface area contributed by atoms with Gasteiger partial charge in [-0.25, -0.2) is 13.6 Å². The van der Waals surface area contributed by atoms with Crippen LogP contribution in [0, 0.1) is 5.82 Å². The maximum Gasteiger partial charge on any atom is 0.341 e. The summed E-state index contributed by atoms with van der Waals surface area (Å²) in [7, 11) is 0. The predicted octanol–water partition coefficient (Wildman–Crippen LogP) is 3.35. The van der Waals surface area contributed by atoms with Crippen molar-refractivity contribution in [3.05, 3.63) is 51.3 Å². The molecule has 0 bridgehead atoms. The fourth-order valence-corrected chi connectivity index (χ4v) is 4.05. The molecule has 1 aliphatic heterocycles. The highest BCUT2D eigenvalue weighted by Crippen LogP contribution is 2.38. The van der Waals surface area contributed by atoms with Gasteiger partial charge in [0.05, 0.1) is 11.2 Å². The van der Waals surface area contributed by atoms with Crippen LogP contribution in [0.1, 0.15) is 48.5 Å². The van der Waals surface area contributed by atoms with Crippen LogP contribution in [0.15, 0.2) is 34.5 Å². The van der Waals surface area contributed by atoms with Crippen molar-refractivity contribution in [2.24, 2.45) is 5.73 Å². The fraction of sp³-hybridized carbons (Fsp3) is 0.429. The van der Waals surface area contributed by atoms with Crippen molar-refractivity contribution >= 4 is 22.6 Å². The molecular weight excluding hydrogens is 380 g/mol. The van der Waals surface area contributed by atoms with Gasteiger partial charge in [0, 0.05) is 37.3 Å². The molecule has 1 aromatic carbocycles. The van der Waals surface area contributed by atoms with Gasteiger partial charge < -0.3 is 20.3 Å². The average Bonchev–Trinajstić information content (AvgIpc) is 3.54. The predicted molar refractivity (Wildman–Crippen MR) is 107 cm³/mol. The van der Waals surface area contributed by atoms with Crippen LogP contribution in [0.2, 0.25) is 0 Å². The van der Waals surface area contributed by atoms with Gasteiger partial charge in [0.15, 0.2) is 0 Å². The zero-order valence-corrected chi connectivity index (χ0v) is 16.0. The number of rotatable bonds is 4. The number of pyridine rings is 1. The van der Waals surface area contributed by atoms with Crippen molar-refractivity contribution in [1.29, 1.82) is 0 Å². The first-order valence-corrected chi connectivity index (χ1v) is 9.83. The van der Waals surface area contributed by atoms with E-state index in [9.17, 15) is 23.5 Å². The molecule has 1 aliphatic carbocycles. The number of fused-ring (bicyclic) bond motifs is 1. The number of halogens is 2. The summed E-state index contributed by atoms with van der Waals surface area (Å²) in [5.41, 5.74) is 5.94. The first kappa shape index (κ1) is 19.6. The van der Waals surface area contributed by atoms with Crippen LogP contribution < -0.4 is 16.1 Å². The second-order valence-corrected chi connectivity index (χ2v) is 7.69. The maximum atomic E-state index is 15.0. The number of nitrogens with two attached hydrogens (primary N) is 1. The monoisotopic (exact) mass is 403 g/mol. The van der Waals surface area contributed by atoms with Gasteiger partial charge in [0.25, 0.3) is 0 Å². The minimum absolute atomic E-state index is 0.0719. The van der Waals surface area contributed by atoms with Crippen molar-refractivity contribution in [3.63, 3.8) is 0 Å². The molecule has 6 nitrogen and oxygen atoms in total. The molecule has 0 spiro atoms. The number of aromatic carboxylic acids is 1. The molecule has 2 heterocycles. The van der Waals surface area contributed by atoms with E-state index in [-0.39, 0.29) is 29.4 Å². The minimum atomic E-state index is -1.32. The van der Waals surface area contributed by atoms with Gasteiger partial charge in [0.2, 0.25) is 5.43 Å². The van der Waals surface area contributed by atoms with E-state index in [1.165, 1.54) is 6.20 Å². The highest BCUT2D eigenvalue weighted by atomic mass is 19.1. The number of anilines is 1. The Morgan fingerprint density at radius 2 is 2.00 bits per heavy atom. The van der Waals surface area contributed by atoms with Crippen LogP contribution in [0.25, 0.3) is 10.9 Å². The number of carboxylic acids is 1. The van der Waals surface area contributed by atoms with Gasteiger partial charge in [0.1, 0.15) is 17.2 Å². The molecule has 1 saturated heterocycles. The summed E-state index contributed by atoms with van der Waals surface area (Å²) >= 11 is 0. The Morgan fingerprint density at radius 3 is 2.66 bits per heavy atom. The lowest BCUT2D eigenvalue weighted by atomic mass is 10.1. The van der Waals surface area contributed by atoms with E-state index in [1.807, 2.05) is 4.90 Å². The van der Waals surface area contributed by atoms with Crippen molar-refractivity contribution in [3.8, 4) is 0 Å². The number of aromatic nitrogens is 1. The lowest BCUT2D eigenvalue weighted by Gasteiger charge is -2.24. The Hall–Kier alpha value is -2.74. The molecule has 4 rings (SSSR count). The molecule has 2 aliphatic rings. The molecule has 0 atom stereocenters. The van der Waals surface area contributed by atoms with E-state index in [1.54, 1.807) is 10.6 Å². The summed E-state index contributed by atoms with van der Waals surface area (Å²) < 4.78 is 30.6. The van der Waals surface area contributed by atoms with Crippen molar-refractivity contribution in [2.75, 3.05) is 24.5 Å². The zero-order valence-electron chi connectivity index (χ0n) is 16.0. The third-order valence-corrected chi connectivity index (χ3v) is 5.77. The summed E-state index contributed by atoms with van der Waals surface area (Å²) in [5.74, 6) is -2.19. The lowest BCUT2D eigenvalue weighted by Crippen LogP contribution is -2.26. The highest BCUT2D eigenvalue weighted by molar-refractivity contribution is 5.93. The first-order chi connectivity index (χ1) is 13.9. The van der Waals surface area contributed by atoms with Crippen LogP contribution in [-0.4, -0.2) is 35.3 Å². The normalized spacial score (nSPS) is 19.3. The lowest BCUT2D eigenvalue weighted by molar-refractivity contribution is 0.0695. The standard InChI is InChI=1S/C21H23F2N3O3/c22-16-8-14-18(26(13-3-4-13)11-15(20(14)27)21(28)29)9-19(16)25-6-1-2-12(5-7-25)17(23)10-24/h8-9,11,13H,1-7,10,24H2,(H,28,29). The van der Waals surface area contributed by atoms with Gasteiger partial charge in [-0.3, -0.25) is 4.79 Å². The van der Waals surface area contributed by atoms with Gasteiger partial charge in [-0.05, 0) is 49.8 Å². The summed E-state index contributed by atoms with van der Waals surface area (Å²) in [6, 6.07) is 2.89. The van der Waals surface area contributed by atoms with Gasteiger partial charge in [-0.2, -0.15) is 0 Å². The number of carboxylic acid groups (broad SMARTS) is 1. The minimum Gasteiger partial charge on any atom is -0.477 e. The summed E-state index contributed by atoms with van der Waals surface area (Å²) in [6.07, 6.45) is 4.87. The molecule has 2 aromatic rings. The van der Waals surface area contributed by atoms with Gasteiger partial charge in [-0.1, -0.05) is 0 Å². The van der Waals surface area contributed by atoms with Crippen LogP contribution in [0.4, 0.5) is 14.5 Å². The van der Waals surface area contributed by atoms with Crippen LogP contribution in [-0.2, 0) is 0 Å². The largest absolute Gasteiger partial charge is 0.477 e. The van der Waals surface area contributed by atoms with Crippen molar-refractivity contribution in [1.82, 2.24) is 4.57 Å². The fourth-order valence-electron chi connectivity index (χ4n) is 4.05. The number of hydrogen-bond donors (Lipinski definition) is 2. The quantitative estimate of drug-likeness (QED) is 0.817. The molecule has 1 saturated carbocycles. The Bertz CT molecular complexity index is 1070. The topological polar surface area (TPSA) is 88.6 Å². The smallest absolute Gasteiger partial charge is 0.341 e. The number of hydrogen-bond acceptors (Lipinski definition) is 4. The molecule has 0 radical (unpaired) electrons. The molecular formula is C21H23F2N3O3. The number of benzene rings is 1. The third-order valence-electron chi connectivity index (χ3n) is 5.77. The van der Waals surface area contributed by atoms with Crippen LogP contribution >= 0.6 is 0 Å². The number of carbonyl (C=O) groups is 1. The SMILES string of the molecule is NCC(F)=C1CCCN(c2cc3c(cc2F)c(=O)c(C(=O)O)cn3C2CC2)CC1. The van der Waals surface area contributed by atoms with E-state index >= 15 is 0 Å². The number of nitrogens with zero attached hydrogens (tertiary/aromatic N) is 2. The molecule has 154 valence electrons. The van der Waals surface area contributed by atoms with E-state index < -0.39 is 17.2 Å². The maximum absolute atomic E-state index is 15.0. The molecule has 8 heteroatoms. The second-order valence-electron chi connectivity index (χ2n) is 7.69. The summed E-state index contributed by atoms with van der Waals surface area (Å²) in [4.78, 5) is 25.9. The van der Waals surface area contributed by atoms with Gasteiger partial charge in [-0.15, -0.1) is 0 Å². The average molecular weight is 403 g/mol.